The molecule has 2 heterocycles. The molecular formula is C25H26N2O5. The van der Waals surface area contributed by atoms with Crippen LogP contribution in [0.2, 0.25) is 0 Å². The molecule has 0 aliphatic carbocycles. The second kappa shape index (κ2) is 9.18. The number of ether oxygens (including phenoxy) is 4. The Balaban J connectivity index is 1.66. The van der Waals surface area contributed by atoms with Crippen LogP contribution < -0.4 is 24.3 Å². The van der Waals surface area contributed by atoms with Gasteiger partial charge in [0.1, 0.15) is 5.75 Å². The zero-order valence-corrected chi connectivity index (χ0v) is 18.6. The van der Waals surface area contributed by atoms with Crippen LogP contribution in [-0.2, 0) is 0 Å². The molecule has 0 spiro atoms. The molecule has 0 fully saturated rings. The largest absolute Gasteiger partial charge is 0.493 e. The molecule has 1 atom stereocenters. The van der Waals surface area contributed by atoms with Gasteiger partial charge in [-0.25, -0.2) is 0 Å². The van der Waals surface area contributed by atoms with Gasteiger partial charge in [-0.2, -0.15) is 0 Å². The number of nitrogens with zero attached hydrogens (tertiary/aromatic N) is 1. The minimum Gasteiger partial charge on any atom is -0.493 e. The van der Waals surface area contributed by atoms with E-state index in [1.165, 1.54) is 21.3 Å². The number of amides is 1. The zero-order chi connectivity index (χ0) is 22.7. The third-order valence-corrected chi connectivity index (χ3v) is 5.53. The number of pyridine rings is 1. The van der Waals surface area contributed by atoms with Crippen LogP contribution in [0, 0.1) is 6.92 Å². The molecule has 7 nitrogen and oxygen atoms in total. The topological polar surface area (TPSA) is 78.9 Å². The zero-order valence-electron chi connectivity index (χ0n) is 18.6. The molecule has 4 rings (SSSR count). The molecule has 0 saturated carbocycles. The predicted octanol–water partition coefficient (Wildman–Crippen LogP) is 4.34. The van der Waals surface area contributed by atoms with E-state index in [0.717, 1.165) is 28.1 Å². The SMILES string of the molecule is COc1ccc(C(=O)NC2CCOc3ccc(-c4ccnc(C)c4)cc32)c(OC)c1OC. The van der Waals surface area contributed by atoms with Crippen LogP contribution in [-0.4, -0.2) is 38.8 Å². The molecule has 1 N–H and O–H groups in total. The lowest BCUT2D eigenvalue weighted by atomic mass is 9.95. The van der Waals surface area contributed by atoms with E-state index in [2.05, 4.69) is 16.4 Å². The number of aryl methyl sites for hydroxylation is 1. The molecule has 0 saturated heterocycles. The monoisotopic (exact) mass is 434 g/mol. The Hall–Kier alpha value is -3.74. The Kier molecular flexibility index (Phi) is 6.16. The average molecular weight is 434 g/mol. The summed E-state index contributed by atoms with van der Waals surface area (Å²) in [5, 5.41) is 3.14. The molecule has 0 bridgehead atoms. The van der Waals surface area contributed by atoms with E-state index in [1.54, 1.807) is 18.3 Å². The number of fused-ring (bicyclic) bond motifs is 1. The van der Waals surface area contributed by atoms with Gasteiger partial charge in [-0.3, -0.25) is 9.78 Å². The number of carbonyl (C=O) groups is 1. The van der Waals surface area contributed by atoms with Gasteiger partial charge in [0.05, 0.1) is 39.5 Å². The number of carbonyl (C=O) groups excluding carboxylic acids is 1. The summed E-state index contributed by atoms with van der Waals surface area (Å²) >= 11 is 0. The number of hydrogen-bond acceptors (Lipinski definition) is 6. The van der Waals surface area contributed by atoms with Gasteiger partial charge in [0.2, 0.25) is 5.75 Å². The lowest BCUT2D eigenvalue weighted by Crippen LogP contribution is -2.32. The van der Waals surface area contributed by atoms with E-state index in [0.29, 0.717) is 35.8 Å². The van der Waals surface area contributed by atoms with Crippen molar-refractivity contribution in [3.8, 4) is 34.1 Å². The second-order valence-electron chi connectivity index (χ2n) is 7.48. The van der Waals surface area contributed by atoms with Crippen molar-refractivity contribution in [1.82, 2.24) is 10.3 Å². The quantitative estimate of drug-likeness (QED) is 0.622. The number of aromatic nitrogens is 1. The van der Waals surface area contributed by atoms with Crippen molar-refractivity contribution in [3.63, 3.8) is 0 Å². The summed E-state index contributed by atoms with van der Waals surface area (Å²) < 4.78 is 22.1. The molecule has 1 unspecified atom stereocenters. The molecule has 3 aromatic rings. The van der Waals surface area contributed by atoms with Crippen molar-refractivity contribution in [2.75, 3.05) is 27.9 Å². The highest BCUT2D eigenvalue weighted by molar-refractivity contribution is 5.98. The third-order valence-electron chi connectivity index (χ3n) is 5.53. The van der Waals surface area contributed by atoms with Gasteiger partial charge >= 0.3 is 0 Å². The van der Waals surface area contributed by atoms with E-state index in [-0.39, 0.29) is 11.9 Å². The van der Waals surface area contributed by atoms with Crippen LogP contribution in [0.3, 0.4) is 0 Å². The average Bonchev–Trinajstić information content (AvgIpc) is 2.82. The molecule has 0 radical (unpaired) electrons. The van der Waals surface area contributed by atoms with Gasteiger partial charge in [0.25, 0.3) is 5.91 Å². The lowest BCUT2D eigenvalue weighted by Gasteiger charge is -2.28. The lowest BCUT2D eigenvalue weighted by molar-refractivity contribution is 0.0921. The molecule has 1 aliphatic rings. The number of methoxy groups -OCH3 is 3. The predicted molar refractivity (Wildman–Crippen MR) is 121 cm³/mol. The molecular weight excluding hydrogens is 408 g/mol. The molecule has 32 heavy (non-hydrogen) atoms. The van der Waals surface area contributed by atoms with Gasteiger partial charge in [-0.05, 0) is 54.4 Å². The summed E-state index contributed by atoms with van der Waals surface area (Å²) in [4.78, 5) is 17.5. The summed E-state index contributed by atoms with van der Waals surface area (Å²) in [6.07, 6.45) is 2.45. The fourth-order valence-electron chi connectivity index (χ4n) is 3.97. The number of rotatable bonds is 6. The van der Waals surface area contributed by atoms with Crippen LogP contribution in [0.1, 0.15) is 34.1 Å². The van der Waals surface area contributed by atoms with E-state index >= 15 is 0 Å². The maximum absolute atomic E-state index is 13.2. The number of nitrogens with one attached hydrogen (secondary N) is 1. The van der Waals surface area contributed by atoms with Crippen LogP contribution in [0.25, 0.3) is 11.1 Å². The van der Waals surface area contributed by atoms with Crippen LogP contribution in [0.15, 0.2) is 48.7 Å². The maximum atomic E-state index is 13.2. The second-order valence-corrected chi connectivity index (χ2v) is 7.48. The molecule has 166 valence electrons. The number of hydrogen-bond donors (Lipinski definition) is 1. The first-order valence-corrected chi connectivity index (χ1v) is 10.3. The molecule has 1 amide bonds. The highest BCUT2D eigenvalue weighted by atomic mass is 16.5. The van der Waals surface area contributed by atoms with Crippen molar-refractivity contribution >= 4 is 5.91 Å². The molecule has 1 aliphatic heterocycles. The number of benzene rings is 2. The highest BCUT2D eigenvalue weighted by Gasteiger charge is 2.27. The fourth-order valence-corrected chi connectivity index (χ4v) is 3.97. The summed E-state index contributed by atoms with van der Waals surface area (Å²) in [5.74, 6) is 1.72. The minimum atomic E-state index is -0.259. The Morgan fingerprint density at radius 2 is 1.78 bits per heavy atom. The third kappa shape index (κ3) is 4.06. The van der Waals surface area contributed by atoms with Crippen molar-refractivity contribution in [2.45, 2.75) is 19.4 Å². The molecule has 2 aromatic carbocycles. The van der Waals surface area contributed by atoms with Crippen LogP contribution >= 0.6 is 0 Å². The van der Waals surface area contributed by atoms with Gasteiger partial charge in [0.15, 0.2) is 11.5 Å². The van der Waals surface area contributed by atoms with Crippen LogP contribution in [0.4, 0.5) is 0 Å². The Bertz CT molecular complexity index is 1150. The first kappa shape index (κ1) is 21.5. The first-order valence-electron chi connectivity index (χ1n) is 10.3. The van der Waals surface area contributed by atoms with E-state index in [1.807, 2.05) is 31.2 Å². The molecule has 1 aromatic heterocycles. The smallest absolute Gasteiger partial charge is 0.255 e. The van der Waals surface area contributed by atoms with Gasteiger partial charge in [0, 0.05) is 23.9 Å². The van der Waals surface area contributed by atoms with Crippen molar-refractivity contribution in [3.05, 3.63) is 65.5 Å². The molecule has 7 heteroatoms. The van der Waals surface area contributed by atoms with E-state index < -0.39 is 0 Å². The van der Waals surface area contributed by atoms with Crippen LogP contribution in [0.5, 0.6) is 23.0 Å². The van der Waals surface area contributed by atoms with Gasteiger partial charge < -0.3 is 24.3 Å². The first-order chi connectivity index (χ1) is 15.5. The maximum Gasteiger partial charge on any atom is 0.255 e. The summed E-state index contributed by atoms with van der Waals surface area (Å²) in [6, 6.07) is 13.2. The standard InChI is InChI=1S/C25H26N2O5/c1-15-13-17(9-11-26-15)16-5-7-21-19(14-16)20(10-12-32-21)27-25(28)18-6-8-22(29-2)24(31-4)23(18)30-3/h5-9,11,13-14,20H,10,12H2,1-4H3,(H,27,28). The van der Waals surface area contributed by atoms with Crippen molar-refractivity contribution in [1.29, 1.82) is 0 Å². The van der Waals surface area contributed by atoms with E-state index in [4.69, 9.17) is 18.9 Å². The Morgan fingerprint density at radius 1 is 1.00 bits per heavy atom. The Labute approximate surface area is 187 Å². The normalized spacial score (nSPS) is 14.7. The summed E-state index contributed by atoms with van der Waals surface area (Å²) in [5.41, 5.74) is 4.37. The highest BCUT2D eigenvalue weighted by Crippen LogP contribution is 2.40. The summed E-state index contributed by atoms with van der Waals surface area (Å²) in [6.45, 7) is 2.49. The summed E-state index contributed by atoms with van der Waals surface area (Å²) in [7, 11) is 4.55. The fraction of sp³-hybridized carbons (Fsp3) is 0.280. The van der Waals surface area contributed by atoms with Crippen molar-refractivity contribution in [2.24, 2.45) is 0 Å². The van der Waals surface area contributed by atoms with E-state index in [9.17, 15) is 4.79 Å². The van der Waals surface area contributed by atoms with Crippen molar-refractivity contribution < 1.29 is 23.7 Å². The Morgan fingerprint density at radius 3 is 2.50 bits per heavy atom. The minimum absolute atomic E-state index is 0.202. The van der Waals surface area contributed by atoms with Gasteiger partial charge in [-0.15, -0.1) is 0 Å². The van der Waals surface area contributed by atoms with Gasteiger partial charge in [-0.1, -0.05) is 6.07 Å².